The molecule has 5 heteroatoms. The van der Waals surface area contributed by atoms with Gasteiger partial charge in [0.05, 0.1) is 12.6 Å². The first kappa shape index (κ1) is 10.3. The van der Waals surface area contributed by atoms with Crippen molar-refractivity contribution in [3.63, 3.8) is 0 Å². The third-order valence-electron chi connectivity index (χ3n) is 1.57. The molecule has 0 aromatic heterocycles. The van der Waals surface area contributed by atoms with Crippen LogP contribution in [0, 0.1) is 3.57 Å². The maximum atomic E-state index is 9.48. The lowest BCUT2D eigenvalue weighted by atomic mass is 10.1. The largest absolute Gasteiger partial charge is 0.388 e. The van der Waals surface area contributed by atoms with Gasteiger partial charge in [-0.3, -0.25) is 0 Å². The van der Waals surface area contributed by atoms with Crippen molar-refractivity contribution in [2.75, 3.05) is 6.54 Å². The SMILES string of the molecule is [N-]=[N+]=NC[C@@H](O)c1ccc(I)cc1. The molecule has 0 unspecified atom stereocenters. The Morgan fingerprint density at radius 2 is 2.08 bits per heavy atom. The molecule has 0 fully saturated rings. The first-order valence-corrected chi connectivity index (χ1v) is 4.76. The quantitative estimate of drug-likeness (QED) is 0.395. The second kappa shape index (κ2) is 5.06. The van der Waals surface area contributed by atoms with E-state index in [1.807, 2.05) is 24.3 Å². The van der Waals surface area contributed by atoms with Crippen LogP contribution in [-0.2, 0) is 0 Å². The molecule has 1 aromatic carbocycles. The van der Waals surface area contributed by atoms with Crippen molar-refractivity contribution in [1.82, 2.24) is 0 Å². The fourth-order valence-corrected chi connectivity index (χ4v) is 1.26. The summed E-state index contributed by atoms with van der Waals surface area (Å²) in [5.41, 5.74) is 8.82. The van der Waals surface area contributed by atoms with E-state index in [4.69, 9.17) is 5.53 Å². The lowest BCUT2D eigenvalue weighted by molar-refractivity contribution is 0.187. The predicted octanol–water partition coefficient (Wildman–Crippen LogP) is 2.63. The van der Waals surface area contributed by atoms with Gasteiger partial charge in [0.25, 0.3) is 0 Å². The molecule has 13 heavy (non-hydrogen) atoms. The summed E-state index contributed by atoms with van der Waals surface area (Å²) in [5, 5.41) is 12.8. The highest BCUT2D eigenvalue weighted by molar-refractivity contribution is 14.1. The van der Waals surface area contributed by atoms with Crippen LogP contribution in [-0.4, -0.2) is 11.7 Å². The zero-order valence-electron chi connectivity index (χ0n) is 6.76. The Bertz CT molecular complexity index is 319. The normalized spacial score (nSPS) is 11.8. The fourth-order valence-electron chi connectivity index (χ4n) is 0.904. The maximum Gasteiger partial charge on any atom is 0.0846 e. The van der Waals surface area contributed by atoms with Crippen molar-refractivity contribution in [1.29, 1.82) is 0 Å². The fraction of sp³-hybridized carbons (Fsp3) is 0.250. The van der Waals surface area contributed by atoms with Gasteiger partial charge in [0.15, 0.2) is 0 Å². The van der Waals surface area contributed by atoms with Crippen LogP contribution >= 0.6 is 22.6 Å². The van der Waals surface area contributed by atoms with Crippen LogP contribution in [0.5, 0.6) is 0 Å². The minimum Gasteiger partial charge on any atom is -0.388 e. The van der Waals surface area contributed by atoms with Crippen LogP contribution in [0.15, 0.2) is 29.4 Å². The molecule has 0 radical (unpaired) electrons. The first-order valence-electron chi connectivity index (χ1n) is 3.68. The van der Waals surface area contributed by atoms with Gasteiger partial charge in [0.2, 0.25) is 0 Å². The molecule has 1 rings (SSSR count). The summed E-state index contributed by atoms with van der Waals surface area (Å²) in [4.78, 5) is 2.58. The van der Waals surface area contributed by atoms with Crippen molar-refractivity contribution in [2.24, 2.45) is 5.11 Å². The van der Waals surface area contributed by atoms with Gasteiger partial charge < -0.3 is 5.11 Å². The molecule has 1 N–H and O–H groups in total. The summed E-state index contributed by atoms with van der Waals surface area (Å²) in [6.45, 7) is 0.0804. The third kappa shape index (κ3) is 3.22. The number of azide groups is 1. The Morgan fingerprint density at radius 3 is 2.62 bits per heavy atom. The summed E-state index contributed by atoms with van der Waals surface area (Å²) in [6, 6.07) is 7.43. The van der Waals surface area contributed by atoms with E-state index in [1.165, 1.54) is 0 Å². The lowest BCUT2D eigenvalue weighted by Gasteiger charge is -2.06. The molecule has 0 spiro atoms. The number of halogens is 1. The van der Waals surface area contributed by atoms with Gasteiger partial charge in [0.1, 0.15) is 0 Å². The van der Waals surface area contributed by atoms with E-state index >= 15 is 0 Å². The molecule has 0 saturated heterocycles. The summed E-state index contributed by atoms with van der Waals surface area (Å²) < 4.78 is 1.11. The van der Waals surface area contributed by atoms with Gasteiger partial charge in [-0.2, -0.15) is 0 Å². The Morgan fingerprint density at radius 1 is 1.46 bits per heavy atom. The molecule has 0 bridgehead atoms. The predicted molar refractivity (Wildman–Crippen MR) is 58.1 cm³/mol. The number of aliphatic hydroxyl groups is 1. The van der Waals surface area contributed by atoms with Gasteiger partial charge in [-0.15, -0.1) is 0 Å². The molecular formula is C8H8IN3O. The van der Waals surface area contributed by atoms with Crippen LogP contribution in [0.1, 0.15) is 11.7 Å². The molecular weight excluding hydrogens is 281 g/mol. The molecule has 0 saturated carbocycles. The summed E-state index contributed by atoms with van der Waals surface area (Å²) in [6.07, 6.45) is -0.701. The Hall–Kier alpha value is -0.780. The van der Waals surface area contributed by atoms with E-state index < -0.39 is 6.10 Å². The van der Waals surface area contributed by atoms with Gasteiger partial charge in [-0.25, -0.2) is 0 Å². The molecule has 68 valence electrons. The molecule has 0 heterocycles. The first-order chi connectivity index (χ1) is 6.24. The third-order valence-corrected chi connectivity index (χ3v) is 2.29. The molecule has 0 aliphatic heterocycles. The van der Waals surface area contributed by atoms with Crippen LogP contribution in [0.25, 0.3) is 10.4 Å². The van der Waals surface area contributed by atoms with E-state index in [-0.39, 0.29) is 6.54 Å². The zero-order chi connectivity index (χ0) is 9.68. The Balaban J connectivity index is 2.71. The van der Waals surface area contributed by atoms with Crippen LogP contribution in [0.2, 0.25) is 0 Å². The zero-order valence-corrected chi connectivity index (χ0v) is 8.92. The molecule has 4 nitrogen and oxygen atoms in total. The average Bonchev–Trinajstić information content (AvgIpc) is 2.15. The highest BCUT2D eigenvalue weighted by Gasteiger charge is 2.04. The highest BCUT2D eigenvalue weighted by atomic mass is 127. The molecule has 0 amide bonds. The van der Waals surface area contributed by atoms with E-state index in [0.717, 1.165) is 9.13 Å². The topological polar surface area (TPSA) is 69.0 Å². The van der Waals surface area contributed by atoms with E-state index in [1.54, 1.807) is 0 Å². The lowest BCUT2D eigenvalue weighted by Crippen LogP contribution is -2.00. The maximum absolute atomic E-state index is 9.48. The van der Waals surface area contributed by atoms with Crippen molar-refractivity contribution in [3.8, 4) is 0 Å². The van der Waals surface area contributed by atoms with Crippen LogP contribution in [0.3, 0.4) is 0 Å². The highest BCUT2D eigenvalue weighted by Crippen LogP contribution is 2.14. The van der Waals surface area contributed by atoms with Gasteiger partial charge in [-0.1, -0.05) is 17.2 Å². The monoisotopic (exact) mass is 289 g/mol. The van der Waals surface area contributed by atoms with Crippen molar-refractivity contribution in [2.45, 2.75) is 6.10 Å². The Kier molecular flexibility index (Phi) is 4.01. The number of hydrogen-bond acceptors (Lipinski definition) is 2. The van der Waals surface area contributed by atoms with E-state index in [2.05, 4.69) is 32.6 Å². The minimum atomic E-state index is -0.701. The van der Waals surface area contributed by atoms with Gasteiger partial charge >= 0.3 is 0 Å². The number of rotatable bonds is 3. The number of benzene rings is 1. The molecule has 0 aliphatic carbocycles. The van der Waals surface area contributed by atoms with Gasteiger partial charge in [-0.05, 0) is 45.8 Å². The standard InChI is InChI=1S/C8H8IN3O/c9-7-3-1-6(2-4-7)8(13)5-11-12-10/h1-4,8,13H,5H2/t8-/m1/s1. The second-order valence-electron chi connectivity index (χ2n) is 2.48. The molecule has 1 aromatic rings. The van der Waals surface area contributed by atoms with Crippen LogP contribution < -0.4 is 0 Å². The van der Waals surface area contributed by atoms with Crippen LogP contribution in [0.4, 0.5) is 0 Å². The molecule has 0 aliphatic rings. The Labute approximate surface area is 89.4 Å². The van der Waals surface area contributed by atoms with Crippen molar-refractivity contribution >= 4 is 22.6 Å². The summed E-state index contributed by atoms with van der Waals surface area (Å²) in [5.74, 6) is 0. The number of nitrogens with zero attached hydrogens (tertiary/aromatic N) is 3. The van der Waals surface area contributed by atoms with E-state index in [0.29, 0.717) is 0 Å². The van der Waals surface area contributed by atoms with Crippen molar-refractivity contribution < 1.29 is 5.11 Å². The van der Waals surface area contributed by atoms with E-state index in [9.17, 15) is 5.11 Å². The number of aliphatic hydroxyl groups excluding tert-OH is 1. The smallest absolute Gasteiger partial charge is 0.0846 e. The molecule has 1 atom stereocenters. The average molecular weight is 289 g/mol. The number of hydrogen-bond donors (Lipinski definition) is 1. The minimum absolute atomic E-state index is 0.0804. The second-order valence-corrected chi connectivity index (χ2v) is 3.73. The summed E-state index contributed by atoms with van der Waals surface area (Å²) >= 11 is 2.19. The summed E-state index contributed by atoms with van der Waals surface area (Å²) in [7, 11) is 0. The van der Waals surface area contributed by atoms with Crippen molar-refractivity contribution in [3.05, 3.63) is 43.8 Å². The van der Waals surface area contributed by atoms with Gasteiger partial charge in [0, 0.05) is 8.48 Å².